The molecule has 5 heteroatoms. The number of benzene rings is 1. The molecule has 0 fully saturated rings. The predicted molar refractivity (Wildman–Crippen MR) is 64.8 cm³/mol. The molecule has 0 bridgehead atoms. The van der Waals surface area contributed by atoms with E-state index in [1.54, 1.807) is 18.2 Å². The average Bonchev–Trinajstić information content (AvgIpc) is 2.35. The van der Waals surface area contributed by atoms with Gasteiger partial charge in [0.25, 0.3) is 0 Å². The maximum Gasteiger partial charge on any atom is 0.249 e. The molecule has 1 amide bonds. The third-order valence-corrected chi connectivity index (χ3v) is 2.33. The highest BCUT2D eigenvalue weighted by atomic mass is 16.5. The molecule has 0 unspecified atom stereocenters. The summed E-state index contributed by atoms with van der Waals surface area (Å²) in [5.74, 6) is -0.135. The Bertz CT molecular complexity index is 554. The number of carbonyl (C=O) groups excluding carboxylic acids is 1. The summed E-state index contributed by atoms with van der Waals surface area (Å²) in [6.45, 7) is 0.740. The first-order chi connectivity index (χ1) is 8.22. The smallest absolute Gasteiger partial charge is 0.249 e. The molecule has 1 aromatic heterocycles. The second kappa shape index (κ2) is 4.80. The first-order valence-electron chi connectivity index (χ1n) is 5.25. The van der Waals surface area contributed by atoms with Crippen LogP contribution in [0.2, 0.25) is 0 Å². The second-order valence-corrected chi connectivity index (χ2v) is 3.53. The summed E-state index contributed by atoms with van der Waals surface area (Å²) in [5, 5.41) is 0.722. The summed E-state index contributed by atoms with van der Waals surface area (Å²) >= 11 is 0. The maximum atomic E-state index is 11.4. The number of aromatic nitrogens is 1. The van der Waals surface area contributed by atoms with Crippen molar-refractivity contribution in [3.8, 4) is 5.88 Å². The first-order valence-corrected chi connectivity index (χ1v) is 5.25. The number of ether oxygens (including phenoxy) is 1. The molecule has 0 radical (unpaired) electrons. The van der Waals surface area contributed by atoms with Crippen LogP contribution in [-0.4, -0.2) is 24.0 Å². The lowest BCUT2D eigenvalue weighted by Crippen LogP contribution is -2.14. The second-order valence-electron chi connectivity index (χ2n) is 3.53. The number of nitrogens with two attached hydrogens (primary N) is 2. The van der Waals surface area contributed by atoms with Gasteiger partial charge in [0, 0.05) is 18.0 Å². The number of carbonyl (C=O) groups is 1. The Morgan fingerprint density at radius 2 is 2.12 bits per heavy atom. The van der Waals surface area contributed by atoms with Crippen LogP contribution in [0.3, 0.4) is 0 Å². The average molecular weight is 231 g/mol. The number of hydrogen-bond acceptors (Lipinski definition) is 4. The van der Waals surface area contributed by atoms with Gasteiger partial charge in [-0.15, -0.1) is 0 Å². The Labute approximate surface area is 98.4 Å². The van der Waals surface area contributed by atoms with Gasteiger partial charge in [0.2, 0.25) is 11.8 Å². The Morgan fingerprint density at radius 3 is 2.82 bits per heavy atom. The van der Waals surface area contributed by atoms with Crippen molar-refractivity contribution in [3.05, 3.63) is 35.9 Å². The lowest BCUT2D eigenvalue weighted by molar-refractivity contribution is 0.100. The van der Waals surface area contributed by atoms with Crippen LogP contribution in [0.1, 0.15) is 10.4 Å². The van der Waals surface area contributed by atoms with Crippen LogP contribution < -0.4 is 16.2 Å². The summed E-state index contributed by atoms with van der Waals surface area (Å²) in [4.78, 5) is 15.6. The maximum absolute atomic E-state index is 11.4. The first kappa shape index (κ1) is 11.3. The molecule has 0 aliphatic heterocycles. The minimum Gasteiger partial charge on any atom is -0.476 e. The van der Waals surface area contributed by atoms with Crippen molar-refractivity contribution >= 4 is 16.8 Å². The highest BCUT2D eigenvalue weighted by molar-refractivity contribution is 6.05. The summed E-state index contributed by atoms with van der Waals surface area (Å²) in [6.07, 6.45) is 0. The summed E-state index contributed by atoms with van der Waals surface area (Å²) in [7, 11) is 0. The van der Waals surface area contributed by atoms with E-state index in [1.165, 1.54) is 0 Å². The molecule has 0 spiro atoms. The van der Waals surface area contributed by atoms with Crippen LogP contribution in [0, 0.1) is 0 Å². The zero-order chi connectivity index (χ0) is 12.3. The van der Waals surface area contributed by atoms with Crippen LogP contribution in [0.5, 0.6) is 5.88 Å². The van der Waals surface area contributed by atoms with E-state index in [0.717, 1.165) is 5.39 Å². The van der Waals surface area contributed by atoms with Crippen LogP contribution in [0.4, 0.5) is 0 Å². The van der Waals surface area contributed by atoms with E-state index in [1.807, 2.05) is 12.1 Å². The van der Waals surface area contributed by atoms with Crippen LogP contribution in [0.15, 0.2) is 30.3 Å². The van der Waals surface area contributed by atoms with Gasteiger partial charge in [-0.2, -0.15) is 0 Å². The van der Waals surface area contributed by atoms with Gasteiger partial charge in [0.05, 0.1) is 11.1 Å². The van der Waals surface area contributed by atoms with E-state index in [2.05, 4.69) is 4.98 Å². The van der Waals surface area contributed by atoms with Gasteiger partial charge in [-0.1, -0.05) is 18.2 Å². The number of hydrogen-bond donors (Lipinski definition) is 2. The fraction of sp³-hybridized carbons (Fsp3) is 0.167. The third kappa shape index (κ3) is 2.34. The van der Waals surface area contributed by atoms with Crippen molar-refractivity contribution in [2.75, 3.05) is 13.2 Å². The van der Waals surface area contributed by atoms with Crippen molar-refractivity contribution in [2.45, 2.75) is 0 Å². The number of pyridine rings is 1. The molecule has 4 N–H and O–H groups in total. The van der Waals surface area contributed by atoms with Crippen molar-refractivity contribution in [3.63, 3.8) is 0 Å². The zero-order valence-electron chi connectivity index (χ0n) is 9.22. The molecule has 2 rings (SSSR count). The third-order valence-electron chi connectivity index (χ3n) is 2.33. The minimum atomic E-state index is -0.499. The van der Waals surface area contributed by atoms with Crippen LogP contribution >= 0.6 is 0 Å². The molecule has 1 aromatic carbocycles. The topological polar surface area (TPSA) is 91.2 Å². The number of primary amides is 1. The Balaban J connectivity index is 2.55. The Kier molecular flexibility index (Phi) is 3.20. The van der Waals surface area contributed by atoms with Gasteiger partial charge in [-0.05, 0) is 6.07 Å². The normalized spacial score (nSPS) is 10.4. The highest BCUT2D eigenvalue weighted by Gasteiger charge is 2.10. The molecule has 88 valence electrons. The zero-order valence-corrected chi connectivity index (χ0v) is 9.22. The highest BCUT2D eigenvalue weighted by Crippen LogP contribution is 2.21. The predicted octanol–water partition coefficient (Wildman–Crippen LogP) is 0.671. The van der Waals surface area contributed by atoms with E-state index in [9.17, 15) is 4.79 Å². The van der Waals surface area contributed by atoms with Gasteiger partial charge in [-0.25, -0.2) is 4.98 Å². The van der Waals surface area contributed by atoms with Crippen molar-refractivity contribution in [1.29, 1.82) is 0 Å². The number of rotatable bonds is 4. The fourth-order valence-electron chi connectivity index (χ4n) is 1.59. The van der Waals surface area contributed by atoms with Gasteiger partial charge in [0.1, 0.15) is 6.61 Å². The van der Waals surface area contributed by atoms with Crippen molar-refractivity contribution in [2.24, 2.45) is 11.5 Å². The molecule has 17 heavy (non-hydrogen) atoms. The van der Waals surface area contributed by atoms with Crippen molar-refractivity contribution in [1.82, 2.24) is 4.98 Å². The molecule has 1 heterocycles. The standard InChI is InChI=1S/C12H13N3O2/c13-5-6-17-11-7-9(12(14)16)8-3-1-2-4-10(8)15-11/h1-4,7H,5-6,13H2,(H2,14,16). The van der Waals surface area contributed by atoms with E-state index >= 15 is 0 Å². The van der Waals surface area contributed by atoms with E-state index in [-0.39, 0.29) is 0 Å². The lowest BCUT2D eigenvalue weighted by atomic mass is 10.1. The van der Waals surface area contributed by atoms with E-state index in [4.69, 9.17) is 16.2 Å². The van der Waals surface area contributed by atoms with Crippen LogP contribution in [0.25, 0.3) is 10.9 Å². The van der Waals surface area contributed by atoms with E-state index in [0.29, 0.717) is 30.1 Å². The Morgan fingerprint density at radius 1 is 1.35 bits per heavy atom. The number of fused-ring (bicyclic) bond motifs is 1. The minimum absolute atomic E-state index is 0.351. The number of para-hydroxylation sites is 1. The molecule has 0 saturated heterocycles. The molecular formula is C12H13N3O2. The quantitative estimate of drug-likeness (QED) is 0.809. The van der Waals surface area contributed by atoms with Gasteiger partial charge in [-0.3, -0.25) is 4.79 Å². The van der Waals surface area contributed by atoms with Gasteiger partial charge in [0.15, 0.2) is 0 Å². The van der Waals surface area contributed by atoms with Crippen LogP contribution in [-0.2, 0) is 0 Å². The number of amides is 1. The number of nitrogens with zero attached hydrogens (tertiary/aromatic N) is 1. The van der Waals surface area contributed by atoms with Gasteiger partial charge >= 0.3 is 0 Å². The summed E-state index contributed by atoms with van der Waals surface area (Å²) < 4.78 is 5.31. The molecule has 0 aliphatic carbocycles. The Hall–Kier alpha value is -2.14. The summed E-state index contributed by atoms with van der Waals surface area (Å²) in [5.41, 5.74) is 11.8. The molecule has 0 aliphatic rings. The fourth-order valence-corrected chi connectivity index (χ4v) is 1.59. The molecular weight excluding hydrogens is 218 g/mol. The SMILES string of the molecule is NCCOc1cc(C(N)=O)c2ccccc2n1. The molecule has 0 saturated carbocycles. The van der Waals surface area contributed by atoms with Gasteiger partial charge < -0.3 is 16.2 Å². The molecule has 2 aromatic rings. The lowest BCUT2D eigenvalue weighted by Gasteiger charge is -2.07. The largest absolute Gasteiger partial charge is 0.476 e. The monoisotopic (exact) mass is 231 g/mol. The van der Waals surface area contributed by atoms with Crippen molar-refractivity contribution < 1.29 is 9.53 Å². The summed E-state index contributed by atoms with van der Waals surface area (Å²) in [6, 6.07) is 8.82. The molecule has 0 atom stereocenters. The van der Waals surface area contributed by atoms with E-state index < -0.39 is 5.91 Å². The molecule has 5 nitrogen and oxygen atoms in total.